The average molecular weight is 407 g/mol. The molecule has 2 N–H and O–H groups in total. The van der Waals surface area contributed by atoms with E-state index >= 15 is 0 Å². The fraction of sp³-hybridized carbons (Fsp3) is 0.458. The Bertz CT molecular complexity index is 913. The minimum absolute atomic E-state index is 0.152. The SMILES string of the molecule is NC(=O)C1CCCCN1C(=O)C=Cc1cn(-c2ccccc2)nc1C1CCCCC1. The number of benzene rings is 1. The number of rotatable bonds is 5. The Morgan fingerprint density at radius 1 is 1.00 bits per heavy atom. The van der Waals surface area contributed by atoms with E-state index < -0.39 is 11.9 Å². The first-order chi connectivity index (χ1) is 14.6. The van der Waals surface area contributed by atoms with Gasteiger partial charge in [0.05, 0.1) is 11.4 Å². The normalized spacial score (nSPS) is 20.5. The van der Waals surface area contributed by atoms with Crippen molar-refractivity contribution in [3.63, 3.8) is 0 Å². The molecule has 0 radical (unpaired) electrons. The lowest BCUT2D eigenvalue weighted by molar-refractivity contribution is -0.137. The second-order valence-corrected chi connectivity index (χ2v) is 8.36. The number of likely N-dealkylation sites (tertiary alicyclic amines) is 1. The van der Waals surface area contributed by atoms with Crippen LogP contribution in [0.15, 0.2) is 42.6 Å². The number of amides is 2. The molecule has 2 amide bonds. The molecule has 1 aromatic carbocycles. The molecule has 1 unspecified atom stereocenters. The Morgan fingerprint density at radius 2 is 1.73 bits per heavy atom. The molecule has 2 aromatic rings. The van der Waals surface area contributed by atoms with Crippen molar-refractivity contribution in [2.24, 2.45) is 5.73 Å². The van der Waals surface area contributed by atoms with Crippen LogP contribution in [-0.2, 0) is 9.59 Å². The first-order valence-corrected chi connectivity index (χ1v) is 11.1. The maximum absolute atomic E-state index is 12.9. The van der Waals surface area contributed by atoms with Crippen molar-refractivity contribution in [3.05, 3.63) is 53.9 Å². The molecule has 4 rings (SSSR count). The molecule has 2 fully saturated rings. The van der Waals surface area contributed by atoms with Crippen LogP contribution in [-0.4, -0.2) is 39.1 Å². The van der Waals surface area contributed by atoms with Gasteiger partial charge in [-0.1, -0.05) is 37.5 Å². The smallest absolute Gasteiger partial charge is 0.247 e. The Labute approximate surface area is 177 Å². The maximum Gasteiger partial charge on any atom is 0.247 e. The largest absolute Gasteiger partial charge is 0.368 e. The van der Waals surface area contributed by atoms with Crippen molar-refractivity contribution in [2.45, 2.75) is 63.3 Å². The van der Waals surface area contributed by atoms with Gasteiger partial charge in [-0.05, 0) is 50.3 Å². The molecule has 1 atom stereocenters. The monoisotopic (exact) mass is 406 g/mol. The number of hydrogen-bond acceptors (Lipinski definition) is 3. The number of primary amides is 1. The highest BCUT2D eigenvalue weighted by atomic mass is 16.2. The molecule has 1 aliphatic heterocycles. The van der Waals surface area contributed by atoms with Crippen molar-refractivity contribution in [1.29, 1.82) is 0 Å². The van der Waals surface area contributed by atoms with Gasteiger partial charge in [0.2, 0.25) is 11.8 Å². The summed E-state index contributed by atoms with van der Waals surface area (Å²) in [7, 11) is 0. The molecular formula is C24H30N4O2. The highest BCUT2D eigenvalue weighted by molar-refractivity contribution is 5.95. The van der Waals surface area contributed by atoms with Gasteiger partial charge in [-0.2, -0.15) is 5.10 Å². The maximum atomic E-state index is 12.9. The quantitative estimate of drug-likeness (QED) is 0.767. The van der Waals surface area contributed by atoms with Gasteiger partial charge < -0.3 is 10.6 Å². The third-order valence-electron chi connectivity index (χ3n) is 6.30. The molecule has 0 spiro atoms. The van der Waals surface area contributed by atoms with Gasteiger partial charge in [-0.3, -0.25) is 9.59 Å². The van der Waals surface area contributed by atoms with Crippen LogP contribution in [0.5, 0.6) is 0 Å². The second kappa shape index (κ2) is 9.28. The van der Waals surface area contributed by atoms with E-state index in [0.717, 1.165) is 42.6 Å². The van der Waals surface area contributed by atoms with E-state index in [-0.39, 0.29) is 5.91 Å². The minimum Gasteiger partial charge on any atom is -0.368 e. The lowest BCUT2D eigenvalue weighted by Gasteiger charge is -2.32. The second-order valence-electron chi connectivity index (χ2n) is 8.36. The van der Waals surface area contributed by atoms with Crippen LogP contribution in [0.2, 0.25) is 0 Å². The van der Waals surface area contributed by atoms with Gasteiger partial charge in [0.1, 0.15) is 6.04 Å². The Hall–Kier alpha value is -2.89. The fourth-order valence-corrected chi connectivity index (χ4v) is 4.68. The number of piperidine rings is 1. The number of para-hydroxylation sites is 1. The average Bonchev–Trinajstić information content (AvgIpc) is 3.23. The highest BCUT2D eigenvalue weighted by Crippen LogP contribution is 2.34. The van der Waals surface area contributed by atoms with Crippen LogP contribution in [0.1, 0.15) is 68.5 Å². The van der Waals surface area contributed by atoms with Gasteiger partial charge in [0, 0.05) is 30.3 Å². The number of nitrogens with two attached hydrogens (primary N) is 1. The summed E-state index contributed by atoms with van der Waals surface area (Å²) in [6, 6.07) is 9.54. The molecule has 1 saturated carbocycles. The van der Waals surface area contributed by atoms with E-state index in [0.29, 0.717) is 18.9 Å². The predicted octanol–water partition coefficient (Wildman–Crippen LogP) is 3.80. The summed E-state index contributed by atoms with van der Waals surface area (Å²) in [6.45, 7) is 0.579. The van der Waals surface area contributed by atoms with Gasteiger partial charge in [-0.15, -0.1) is 0 Å². The van der Waals surface area contributed by atoms with Crippen molar-refractivity contribution in [1.82, 2.24) is 14.7 Å². The third-order valence-corrected chi connectivity index (χ3v) is 6.30. The van der Waals surface area contributed by atoms with Crippen molar-refractivity contribution in [2.75, 3.05) is 6.54 Å². The Balaban J connectivity index is 1.61. The summed E-state index contributed by atoms with van der Waals surface area (Å²) in [4.78, 5) is 26.2. The predicted molar refractivity (Wildman–Crippen MR) is 117 cm³/mol. The summed E-state index contributed by atoms with van der Waals surface area (Å²) in [6.07, 6.45) is 13.9. The molecular weight excluding hydrogens is 376 g/mol. The summed E-state index contributed by atoms with van der Waals surface area (Å²) in [5.41, 5.74) is 8.57. The third kappa shape index (κ3) is 4.48. The van der Waals surface area contributed by atoms with Gasteiger partial charge in [-0.25, -0.2) is 4.68 Å². The van der Waals surface area contributed by atoms with E-state index in [2.05, 4.69) is 0 Å². The van der Waals surface area contributed by atoms with Crippen LogP contribution in [0.25, 0.3) is 11.8 Å². The number of carbonyl (C=O) groups is 2. The van der Waals surface area contributed by atoms with Crippen LogP contribution < -0.4 is 5.73 Å². The summed E-state index contributed by atoms with van der Waals surface area (Å²) >= 11 is 0. The molecule has 2 aliphatic rings. The van der Waals surface area contributed by atoms with E-state index in [4.69, 9.17) is 10.8 Å². The fourth-order valence-electron chi connectivity index (χ4n) is 4.68. The van der Waals surface area contributed by atoms with E-state index in [9.17, 15) is 9.59 Å². The van der Waals surface area contributed by atoms with E-state index in [1.54, 1.807) is 11.0 Å². The lowest BCUT2D eigenvalue weighted by atomic mass is 9.85. The molecule has 6 nitrogen and oxygen atoms in total. The zero-order chi connectivity index (χ0) is 20.9. The molecule has 1 aromatic heterocycles. The van der Waals surface area contributed by atoms with Crippen LogP contribution >= 0.6 is 0 Å². The molecule has 1 saturated heterocycles. The Morgan fingerprint density at radius 3 is 2.47 bits per heavy atom. The molecule has 6 heteroatoms. The first-order valence-electron chi connectivity index (χ1n) is 11.1. The number of aromatic nitrogens is 2. The Kier molecular flexibility index (Phi) is 6.31. The molecule has 30 heavy (non-hydrogen) atoms. The zero-order valence-electron chi connectivity index (χ0n) is 17.4. The molecule has 1 aliphatic carbocycles. The standard InChI is InChI=1S/C24H30N4O2/c25-24(30)21-13-7-8-16-27(21)22(29)15-14-19-17-28(20-11-5-2-6-12-20)26-23(19)18-9-3-1-4-10-18/h2,5-6,11-12,14-15,17-18,21H,1,3-4,7-10,13,16H2,(H2,25,30). The molecule has 0 bridgehead atoms. The van der Waals surface area contributed by atoms with Crippen LogP contribution in [0.4, 0.5) is 0 Å². The van der Waals surface area contributed by atoms with Crippen molar-refractivity contribution < 1.29 is 9.59 Å². The van der Waals surface area contributed by atoms with E-state index in [1.807, 2.05) is 47.3 Å². The van der Waals surface area contributed by atoms with Crippen molar-refractivity contribution >= 4 is 17.9 Å². The minimum atomic E-state index is -0.499. The number of hydrogen-bond donors (Lipinski definition) is 1. The first kappa shape index (κ1) is 20.4. The topological polar surface area (TPSA) is 81.2 Å². The van der Waals surface area contributed by atoms with E-state index in [1.165, 1.54) is 19.3 Å². The molecule has 2 heterocycles. The molecule has 158 valence electrons. The van der Waals surface area contributed by atoms with Gasteiger partial charge in [0.25, 0.3) is 0 Å². The van der Waals surface area contributed by atoms with Gasteiger partial charge in [0.15, 0.2) is 0 Å². The summed E-state index contributed by atoms with van der Waals surface area (Å²) in [5, 5.41) is 4.90. The number of carbonyl (C=O) groups excluding carboxylic acids is 2. The lowest BCUT2D eigenvalue weighted by Crippen LogP contribution is -2.49. The number of nitrogens with zero attached hydrogens (tertiary/aromatic N) is 3. The summed E-state index contributed by atoms with van der Waals surface area (Å²) in [5.74, 6) is -0.149. The van der Waals surface area contributed by atoms with Crippen LogP contribution in [0.3, 0.4) is 0 Å². The van der Waals surface area contributed by atoms with Crippen molar-refractivity contribution in [3.8, 4) is 5.69 Å². The zero-order valence-corrected chi connectivity index (χ0v) is 17.4. The highest BCUT2D eigenvalue weighted by Gasteiger charge is 2.29. The van der Waals surface area contributed by atoms with Crippen LogP contribution in [0, 0.1) is 0 Å². The van der Waals surface area contributed by atoms with Gasteiger partial charge >= 0.3 is 0 Å². The summed E-state index contributed by atoms with van der Waals surface area (Å²) < 4.78 is 1.90.